The van der Waals surface area contributed by atoms with Crippen LogP contribution in [0.3, 0.4) is 0 Å². The number of H-pyrrole nitrogens is 1. The molecule has 6 nitrogen and oxygen atoms in total. The van der Waals surface area contributed by atoms with Gasteiger partial charge < -0.3 is 10.1 Å². The number of aromatic nitrogens is 3. The summed E-state index contributed by atoms with van der Waals surface area (Å²) in [5, 5.41) is 13.0. The van der Waals surface area contributed by atoms with E-state index in [0.717, 1.165) is 16.3 Å². The molecule has 0 radical (unpaired) electrons. The molecular formula is C16H16N4O2S. The third kappa shape index (κ3) is 3.95. The van der Waals surface area contributed by atoms with E-state index >= 15 is 0 Å². The predicted molar refractivity (Wildman–Crippen MR) is 90.7 cm³/mol. The summed E-state index contributed by atoms with van der Waals surface area (Å²) in [5.41, 5.74) is 0.968. The minimum absolute atomic E-state index is 0.234. The van der Waals surface area contributed by atoms with Gasteiger partial charge in [-0.05, 0) is 42.6 Å². The number of thiophene rings is 1. The molecule has 0 fully saturated rings. The van der Waals surface area contributed by atoms with E-state index in [9.17, 15) is 4.79 Å². The SMILES string of the molecule is CCOc1ccc(Nc2nnc(Cc3cccs3)c(=O)[nH]2)cc1. The third-order valence-electron chi connectivity index (χ3n) is 3.11. The molecule has 0 unspecified atom stereocenters. The first kappa shape index (κ1) is 15.2. The molecular weight excluding hydrogens is 312 g/mol. The number of hydrogen-bond donors (Lipinski definition) is 2. The van der Waals surface area contributed by atoms with Crippen molar-refractivity contribution in [3.05, 3.63) is 62.7 Å². The number of rotatable bonds is 6. The van der Waals surface area contributed by atoms with Crippen molar-refractivity contribution in [2.24, 2.45) is 0 Å². The largest absolute Gasteiger partial charge is 0.494 e. The number of ether oxygens (including phenoxy) is 1. The lowest BCUT2D eigenvalue weighted by Crippen LogP contribution is -2.18. The molecule has 3 aromatic rings. The van der Waals surface area contributed by atoms with Gasteiger partial charge in [0.1, 0.15) is 11.4 Å². The standard InChI is InChI=1S/C16H16N4O2S/c1-2-22-12-7-5-11(6-8-12)17-16-18-15(21)14(19-20-16)10-13-4-3-9-23-13/h3-9H,2,10H2,1H3,(H2,17,18,20,21). The van der Waals surface area contributed by atoms with E-state index in [2.05, 4.69) is 20.5 Å². The van der Waals surface area contributed by atoms with Gasteiger partial charge in [-0.2, -0.15) is 0 Å². The Balaban J connectivity index is 1.71. The van der Waals surface area contributed by atoms with Gasteiger partial charge in [-0.15, -0.1) is 21.5 Å². The molecule has 0 aliphatic carbocycles. The van der Waals surface area contributed by atoms with Crippen molar-refractivity contribution >= 4 is 23.0 Å². The molecule has 0 spiro atoms. The van der Waals surface area contributed by atoms with E-state index in [-0.39, 0.29) is 5.56 Å². The quantitative estimate of drug-likeness (QED) is 0.727. The Labute approximate surface area is 137 Å². The number of hydrogen-bond acceptors (Lipinski definition) is 6. The van der Waals surface area contributed by atoms with Crippen molar-refractivity contribution < 1.29 is 4.74 Å². The molecule has 7 heteroatoms. The second-order valence-electron chi connectivity index (χ2n) is 4.79. The Hall–Kier alpha value is -2.67. The Morgan fingerprint density at radius 2 is 2.04 bits per heavy atom. The summed E-state index contributed by atoms with van der Waals surface area (Å²) in [4.78, 5) is 15.9. The number of nitrogens with one attached hydrogen (secondary N) is 2. The molecule has 1 aromatic carbocycles. The lowest BCUT2D eigenvalue weighted by atomic mass is 10.3. The molecule has 23 heavy (non-hydrogen) atoms. The Morgan fingerprint density at radius 3 is 2.70 bits per heavy atom. The van der Waals surface area contributed by atoms with Crippen molar-refractivity contribution in [1.29, 1.82) is 0 Å². The van der Waals surface area contributed by atoms with Crippen LogP contribution in [0.1, 0.15) is 17.5 Å². The van der Waals surface area contributed by atoms with Crippen molar-refractivity contribution in [1.82, 2.24) is 15.2 Å². The van der Waals surface area contributed by atoms with Crippen molar-refractivity contribution in [3.8, 4) is 5.75 Å². The second kappa shape index (κ2) is 7.06. The van der Waals surface area contributed by atoms with Crippen LogP contribution in [0.2, 0.25) is 0 Å². The van der Waals surface area contributed by atoms with E-state index in [1.807, 2.05) is 48.7 Å². The zero-order chi connectivity index (χ0) is 16.1. The summed E-state index contributed by atoms with van der Waals surface area (Å²) in [6.07, 6.45) is 0.489. The van der Waals surface area contributed by atoms with Crippen LogP contribution in [-0.4, -0.2) is 21.8 Å². The molecule has 2 heterocycles. The van der Waals surface area contributed by atoms with Crippen LogP contribution in [0.25, 0.3) is 0 Å². The molecule has 0 bridgehead atoms. The predicted octanol–water partition coefficient (Wildman–Crippen LogP) is 2.96. The van der Waals surface area contributed by atoms with Gasteiger partial charge in [0.2, 0.25) is 5.95 Å². The highest BCUT2D eigenvalue weighted by atomic mass is 32.1. The summed E-state index contributed by atoms with van der Waals surface area (Å²) in [7, 11) is 0. The first-order valence-electron chi connectivity index (χ1n) is 7.22. The molecule has 0 saturated heterocycles. The smallest absolute Gasteiger partial charge is 0.274 e. The fourth-order valence-electron chi connectivity index (χ4n) is 2.05. The third-order valence-corrected chi connectivity index (χ3v) is 3.99. The van der Waals surface area contributed by atoms with Gasteiger partial charge in [0.25, 0.3) is 5.56 Å². The highest BCUT2D eigenvalue weighted by Gasteiger charge is 2.07. The summed E-state index contributed by atoms with van der Waals surface area (Å²) in [6, 6.07) is 11.3. The fourth-order valence-corrected chi connectivity index (χ4v) is 2.76. The maximum atomic E-state index is 12.1. The van der Waals surface area contributed by atoms with Gasteiger partial charge in [-0.3, -0.25) is 9.78 Å². The van der Waals surface area contributed by atoms with Gasteiger partial charge in [0.05, 0.1) is 6.61 Å². The lowest BCUT2D eigenvalue weighted by molar-refractivity contribution is 0.340. The molecule has 118 valence electrons. The molecule has 0 aliphatic heterocycles. The molecule has 0 aliphatic rings. The van der Waals surface area contributed by atoms with Crippen LogP contribution in [0.15, 0.2) is 46.6 Å². The number of benzene rings is 1. The van der Waals surface area contributed by atoms with Crippen LogP contribution >= 0.6 is 11.3 Å². The normalized spacial score (nSPS) is 10.5. The summed E-state index contributed by atoms with van der Waals surface area (Å²) < 4.78 is 5.38. The molecule has 0 amide bonds. The van der Waals surface area contributed by atoms with Gasteiger partial charge in [-0.25, -0.2) is 0 Å². The Morgan fingerprint density at radius 1 is 1.22 bits per heavy atom. The maximum absolute atomic E-state index is 12.1. The topological polar surface area (TPSA) is 79.9 Å². The van der Waals surface area contributed by atoms with Crippen molar-refractivity contribution in [3.63, 3.8) is 0 Å². The van der Waals surface area contributed by atoms with Crippen LogP contribution < -0.4 is 15.6 Å². The van der Waals surface area contributed by atoms with E-state index < -0.39 is 0 Å². The van der Waals surface area contributed by atoms with E-state index in [1.54, 1.807) is 11.3 Å². The summed E-state index contributed by atoms with van der Waals surface area (Å²) in [5.74, 6) is 1.11. The number of nitrogens with zero attached hydrogens (tertiary/aromatic N) is 2. The molecule has 2 aromatic heterocycles. The van der Waals surface area contributed by atoms with Crippen molar-refractivity contribution in [2.75, 3.05) is 11.9 Å². The van der Waals surface area contributed by atoms with Gasteiger partial charge in [0, 0.05) is 17.0 Å². The summed E-state index contributed by atoms with van der Waals surface area (Å²) in [6.45, 7) is 2.56. The Bertz CT molecular complexity index is 813. The van der Waals surface area contributed by atoms with Gasteiger partial charge >= 0.3 is 0 Å². The first-order valence-corrected chi connectivity index (χ1v) is 8.10. The zero-order valence-corrected chi connectivity index (χ0v) is 13.4. The molecule has 2 N–H and O–H groups in total. The van der Waals surface area contributed by atoms with Crippen LogP contribution in [0.5, 0.6) is 5.75 Å². The second-order valence-corrected chi connectivity index (χ2v) is 5.82. The lowest BCUT2D eigenvalue weighted by Gasteiger charge is -2.07. The number of aromatic amines is 1. The average Bonchev–Trinajstić information content (AvgIpc) is 3.05. The minimum Gasteiger partial charge on any atom is -0.494 e. The molecule has 0 atom stereocenters. The Kier molecular flexibility index (Phi) is 4.68. The van der Waals surface area contributed by atoms with Crippen molar-refractivity contribution in [2.45, 2.75) is 13.3 Å². The molecule has 3 rings (SSSR count). The monoisotopic (exact) mass is 328 g/mol. The zero-order valence-electron chi connectivity index (χ0n) is 12.6. The van der Waals surface area contributed by atoms with E-state index in [1.165, 1.54) is 0 Å². The highest BCUT2D eigenvalue weighted by Crippen LogP contribution is 2.17. The average molecular weight is 328 g/mol. The first-order chi connectivity index (χ1) is 11.2. The summed E-state index contributed by atoms with van der Waals surface area (Å²) >= 11 is 1.59. The van der Waals surface area contributed by atoms with Crippen LogP contribution in [-0.2, 0) is 6.42 Å². The van der Waals surface area contributed by atoms with E-state index in [0.29, 0.717) is 24.7 Å². The minimum atomic E-state index is -0.234. The van der Waals surface area contributed by atoms with Crippen LogP contribution in [0.4, 0.5) is 11.6 Å². The molecule has 0 saturated carbocycles. The fraction of sp³-hybridized carbons (Fsp3) is 0.188. The van der Waals surface area contributed by atoms with E-state index in [4.69, 9.17) is 4.74 Å². The maximum Gasteiger partial charge on any atom is 0.274 e. The number of anilines is 2. The van der Waals surface area contributed by atoms with Gasteiger partial charge in [-0.1, -0.05) is 6.07 Å². The van der Waals surface area contributed by atoms with Crippen LogP contribution in [0, 0.1) is 0 Å². The van der Waals surface area contributed by atoms with Gasteiger partial charge in [0.15, 0.2) is 0 Å². The highest BCUT2D eigenvalue weighted by molar-refractivity contribution is 7.09.